The molecule has 0 radical (unpaired) electrons. The first kappa shape index (κ1) is 18.7. The molecule has 0 aliphatic rings. The summed E-state index contributed by atoms with van der Waals surface area (Å²) in [4.78, 5) is 16.1. The van der Waals surface area contributed by atoms with Crippen molar-refractivity contribution in [2.75, 3.05) is 5.32 Å². The SMILES string of the molecule is O=C(CCc1ncc(-c2ccc(F)cc2F)o1)Nc1cc(Br)ccc1Br. The van der Waals surface area contributed by atoms with Crippen molar-refractivity contribution in [3.8, 4) is 11.3 Å². The summed E-state index contributed by atoms with van der Waals surface area (Å²) in [5, 5.41) is 2.79. The first-order chi connectivity index (χ1) is 12.4. The van der Waals surface area contributed by atoms with Gasteiger partial charge in [-0.3, -0.25) is 4.79 Å². The molecule has 1 N–H and O–H groups in total. The molecule has 0 fully saturated rings. The average molecular weight is 486 g/mol. The number of carbonyl (C=O) groups is 1. The van der Waals surface area contributed by atoms with Gasteiger partial charge in [0.15, 0.2) is 11.7 Å². The van der Waals surface area contributed by atoms with Crippen molar-refractivity contribution in [3.63, 3.8) is 0 Å². The van der Waals surface area contributed by atoms with Gasteiger partial charge in [0.1, 0.15) is 11.6 Å². The molecule has 3 rings (SSSR count). The van der Waals surface area contributed by atoms with E-state index in [2.05, 4.69) is 42.2 Å². The number of hydrogen-bond acceptors (Lipinski definition) is 3. The van der Waals surface area contributed by atoms with E-state index in [4.69, 9.17) is 4.42 Å². The number of carbonyl (C=O) groups excluding carboxylic acids is 1. The topological polar surface area (TPSA) is 55.1 Å². The van der Waals surface area contributed by atoms with Gasteiger partial charge in [0, 0.05) is 27.9 Å². The Balaban J connectivity index is 1.62. The lowest BCUT2D eigenvalue weighted by Gasteiger charge is -2.07. The number of nitrogens with one attached hydrogen (secondary N) is 1. The Kier molecular flexibility index (Phi) is 5.83. The third-order valence-corrected chi connectivity index (χ3v) is 4.70. The minimum absolute atomic E-state index is 0.118. The summed E-state index contributed by atoms with van der Waals surface area (Å²) < 4.78 is 33.8. The van der Waals surface area contributed by atoms with Crippen molar-refractivity contribution in [2.45, 2.75) is 12.8 Å². The highest BCUT2D eigenvalue weighted by Crippen LogP contribution is 2.27. The molecule has 26 heavy (non-hydrogen) atoms. The van der Waals surface area contributed by atoms with Gasteiger partial charge < -0.3 is 9.73 Å². The third kappa shape index (κ3) is 4.56. The van der Waals surface area contributed by atoms with Crippen LogP contribution in [0.4, 0.5) is 14.5 Å². The first-order valence-corrected chi connectivity index (χ1v) is 9.16. The number of benzene rings is 2. The van der Waals surface area contributed by atoms with Crippen LogP contribution in [0.15, 0.2) is 56.0 Å². The quantitative estimate of drug-likeness (QED) is 0.503. The smallest absolute Gasteiger partial charge is 0.224 e. The summed E-state index contributed by atoms with van der Waals surface area (Å²) in [6, 6.07) is 8.65. The maximum atomic E-state index is 13.8. The molecule has 0 aliphatic heterocycles. The van der Waals surface area contributed by atoms with Crippen molar-refractivity contribution in [1.29, 1.82) is 0 Å². The van der Waals surface area contributed by atoms with E-state index in [0.29, 0.717) is 11.6 Å². The predicted molar refractivity (Wildman–Crippen MR) is 101 cm³/mol. The summed E-state index contributed by atoms with van der Waals surface area (Å²) in [7, 11) is 0. The number of nitrogens with zero attached hydrogens (tertiary/aromatic N) is 1. The number of aromatic nitrogens is 1. The fraction of sp³-hybridized carbons (Fsp3) is 0.111. The molecule has 1 aromatic heterocycles. The lowest BCUT2D eigenvalue weighted by atomic mass is 10.2. The second-order valence-corrected chi connectivity index (χ2v) is 7.18. The van der Waals surface area contributed by atoms with Crippen LogP contribution in [0.25, 0.3) is 11.3 Å². The number of halogens is 4. The van der Waals surface area contributed by atoms with Crippen molar-refractivity contribution in [3.05, 3.63) is 69.1 Å². The summed E-state index contributed by atoms with van der Waals surface area (Å²) in [6.45, 7) is 0. The van der Waals surface area contributed by atoms with Gasteiger partial charge in [-0.2, -0.15) is 0 Å². The molecular formula is C18H12Br2F2N2O2. The van der Waals surface area contributed by atoms with Crippen LogP contribution in [0.1, 0.15) is 12.3 Å². The van der Waals surface area contributed by atoms with Crippen LogP contribution in [0.2, 0.25) is 0 Å². The van der Waals surface area contributed by atoms with E-state index in [1.165, 1.54) is 12.3 Å². The van der Waals surface area contributed by atoms with Crippen molar-refractivity contribution in [1.82, 2.24) is 4.98 Å². The minimum atomic E-state index is -0.732. The zero-order valence-electron chi connectivity index (χ0n) is 13.2. The molecule has 0 saturated carbocycles. The summed E-state index contributed by atoms with van der Waals surface area (Å²) in [5.74, 6) is -1.12. The molecule has 0 bridgehead atoms. The normalized spacial score (nSPS) is 10.8. The Morgan fingerprint density at radius 3 is 2.73 bits per heavy atom. The number of anilines is 1. The van der Waals surface area contributed by atoms with Gasteiger partial charge >= 0.3 is 0 Å². The molecule has 8 heteroatoms. The van der Waals surface area contributed by atoms with Crippen LogP contribution in [-0.4, -0.2) is 10.9 Å². The van der Waals surface area contributed by atoms with E-state index < -0.39 is 11.6 Å². The average Bonchev–Trinajstić information content (AvgIpc) is 3.05. The lowest BCUT2D eigenvalue weighted by Crippen LogP contribution is -2.12. The zero-order valence-corrected chi connectivity index (χ0v) is 16.4. The molecule has 1 amide bonds. The lowest BCUT2D eigenvalue weighted by molar-refractivity contribution is -0.116. The summed E-state index contributed by atoms with van der Waals surface area (Å²) in [5.41, 5.74) is 0.763. The number of aryl methyl sites for hydroxylation is 1. The molecule has 0 spiro atoms. The van der Waals surface area contributed by atoms with Gasteiger partial charge in [-0.15, -0.1) is 0 Å². The monoisotopic (exact) mass is 484 g/mol. The highest BCUT2D eigenvalue weighted by molar-refractivity contribution is 9.11. The van der Waals surface area contributed by atoms with Gasteiger partial charge in [-0.05, 0) is 46.3 Å². The number of amides is 1. The van der Waals surface area contributed by atoms with Crippen molar-refractivity contribution < 1.29 is 18.0 Å². The van der Waals surface area contributed by atoms with E-state index in [0.717, 1.165) is 21.1 Å². The molecule has 1 heterocycles. The standard InChI is InChI=1S/C18H12Br2F2N2O2/c19-10-1-4-13(20)15(7-10)24-17(25)5-6-18-23-9-16(26-18)12-3-2-11(21)8-14(12)22/h1-4,7-9H,5-6H2,(H,24,25). The van der Waals surface area contributed by atoms with Crippen LogP contribution in [-0.2, 0) is 11.2 Å². The second-order valence-electron chi connectivity index (χ2n) is 5.41. The van der Waals surface area contributed by atoms with Crippen LogP contribution < -0.4 is 5.32 Å². The summed E-state index contributed by atoms with van der Waals surface area (Å²) >= 11 is 6.71. The van der Waals surface area contributed by atoms with E-state index in [1.54, 1.807) is 6.07 Å². The largest absolute Gasteiger partial charge is 0.441 e. The van der Waals surface area contributed by atoms with Crippen LogP contribution in [0.3, 0.4) is 0 Å². The predicted octanol–water partition coefficient (Wildman–Crippen LogP) is 5.72. The second kappa shape index (κ2) is 8.09. The van der Waals surface area contributed by atoms with Gasteiger partial charge in [0.05, 0.1) is 17.4 Å². The molecule has 4 nitrogen and oxygen atoms in total. The fourth-order valence-electron chi connectivity index (χ4n) is 2.27. The molecule has 0 atom stereocenters. The Morgan fingerprint density at radius 1 is 1.15 bits per heavy atom. The number of oxazole rings is 1. The van der Waals surface area contributed by atoms with Crippen molar-refractivity contribution >= 4 is 43.5 Å². The van der Waals surface area contributed by atoms with Crippen LogP contribution >= 0.6 is 31.9 Å². The van der Waals surface area contributed by atoms with E-state index in [9.17, 15) is 13.6 Å². The van der Waals surface area contributed by atoms with E-state index in [-0.39, 0.29) is 30.1 Å². The highest BCUT2D eigenvalue weighted by atomic mass is 79.9. The van der Waals surface area contributed by atoms with Gasteiger partial charge in [0.2, 0.25) is 5.91 Å². The maximum absolute atomic E-state index is 13.8. The van der Waals surface area contributed by atoms with E-state index >= 15 is 0 Å². The maximum Gasteiger partial charge on any atom is 0.224 e. The molecule has 3 aromatic rings. The Morgan fingerprint density at radius 2 is 1.96 bits per heavy atom. The molecule has 2 aromatic carbocycles. The Labute approximate surface area is 164 Å². The summed E-state index contributed by atoms with van der Waals surface area (Å²) in [6.07, 6.45) is 1.75. The van der Waals surface area contributed by atoms with Crippen molar-refractivity contribution in [2.24, 2.45) is 0 Å². The molecule has 0 aliphatic carbocycles. The number of hydrogen-bond donors (Lipinski definition) is 1. The minimum Gasteiger partial charge on any atom is -0.441 e. The number of rotatable bonds is 5. The Bertz CT molecular complexity index is 960. The van der Waals surface area contributed by atoms with Gasteiger partial charge in [0.25, 0.3) is 0 Å². The van der Waals surface area contributed by atoms with Crippen LogP contribution in [0.5, 0.6) is 0 Å². The van der Waals surface area contributed by atoms with E-state index in [1.807, 2.05) is 12.1 Å². The third-order valence-electron chi connectivity index (χ3n) is 3.52. The molecule has 134 valence electrons. The molecule has 0 saturated heterocycles. The fourth-order valence-corrected chi connectivity index (χ4v) is 2.97. The van der Waals surface area contributed by atoms with Gasteiger partial charge in [-0.25, -0.2) is 13.8 Å². The highest BCUT2D eigenvalue weighted by Gasteiger charge is 2.13. The Hall–Kier alpha value is -2.06. The first-order valence-electron chi connectivity index (χ1n) is 7.57. The van der Waals surface area contributed by atoms with Crippen LogP contribution in [0, 0.1) is 11.6 Å². The zero-order chi connectivity index (χ0) is 18.7. The molecular weight excluding hydrogens is 474 g/mol. The van der Waals surface area contributed by atoms with Gasteiger partial charge in [-0.1, -0.05) is 15.9 Å². The molecule has 0 unspecified atom stereocenters.